The zero-order chi connectivity index (χ0) is 19.4. The van der Waals surface area contributed by atoms with Gasteiger partial charge in [0.05, 0.1) is 11.1 Å². The molecule has 150 valence electrons. The number of sulfonamides is 1. The van der Waals surface area contributed by atoms with Crippen LogP contribution in [-0.4, -0.2) is 55.8 Å². The van der Waals surface area contributed by atoms with E-state index in [-0.39, 0.29) is 21.9 Å². The van der Waals surface area contributed by atoms with Crippen LogP contribution >= 0.6 is 11.6 Å². The molecule has 2 aliphatic rings. The van der Waals surface area contributed by atoms with Crippen molar-refractivity contribution >= 4 is 33.2 Å². The minimum Gasteiger partial charge on any atom is -0.325 e. The van der Waals surface area contributed by atoms with Gasteiger partial charge in [0.15, 0.2) is 0 Å². The van der Waals surface area contributed by atoms with E-state index in [1.165, 1.54) is 10.4 Å². The Kier molecular flexibility index (Phi) is 6.78. The molecular weight excluding hydrogens is 386 g/mol. The Balaban J connectivity index is 1.78. The van der Waals surface area contributed by atoms with Crippen molar-refractivity contribution in [1.82, 2.24) is 9.21 Å². The average molecular weight is 414 g/mol. The van der Waals surface area contributed by atoms with E-state index in [9.17, 15) is 13.2 Å². The van der Waals surface area contributed by atoms with E-state index < -0.39 is 10.0 Å². The average Bonchev–Trinajstić information content (AvgIpc) is 3.19. The molecule has 1 aromatic carbocycles. The molecule has 2 fully saturated rings. The van der Waals surface area contributed by atoms with Gasteiger partial charge in [-0.25, -0.2) is 8.42 Å². The number of carbonyl (C=O) groups excluding carboxylic acids is 1. The van der Waals surface area contributed by atoms with Crippen LogP contribution < -0.4 is 5.32 Å². The van der Waals surface area contributed by atoms with Gasteiger partial charge in [-0.3, -0.25) is 9.69 Å². The summed E-state index contributed by atoms with van der Waals surface area (Å²) in [5, 5.41) is 3.09. The second kappa shape index (κ2) is 8.90. The fourth-order valence-electron chi connectivity index (χ4n) is 3.91. The lowest BCUT2D eigenvalue weighted by molar-refractivity contribution is -0.122. The van der Waals surface area contributed by atoms with Crippen molar-refractivity contribution in [3.63, 3.8) is 0 Å². The van der Waals surface area contributed by atoms with Crippen molar-refractivity contribution in [3.05, 3.63) is 23.2 Å². The van der Waals surface area contributed by atoms with Gasteiger partial charge in [-0.1, -0.05) is 24.9 Å². The summed E-state index contributed by atoms with van der Waals surface area (Å²) >= 11 is 6.18. The van der Waals surface area contributed by atoms with Crippen molar-refractivity contribution in [1.29, 1.82) is 0 Å². The van der Waals surface area contributed by atoms with E-state index in [0.717, 1.165) is 51.6 Å². The van der Waals surface area contributed by atoms with Gasteiger partial charge >= 0.3 is 0 Å². The molecule has 2 heterocycles. The topological polar surface area (TPSA) is 69.7 Å². The quantitative estimate of drug-likeness (QED) is 0.776. The molecule has 0 bridgehead atoms. The lowest BCUT2D eigenvalue weighted by atomic mass is 10.0. The van der Waals surface area contributed by atoms with Crippen molar-refractivity contribution < 1.29 is 13.2 Å². The third-order valence-corrected chi connectivity index (χ3v) is 7.69. The molecule has 1 atom stereocenters. The summed E-state index contributed by atoms with van der Waals surface area (Å²) in [6.07, 6.45) is 5.71. The number of nitrogens with zero attached hydrogens (tertiary/aromatic N) is 2. The number of carbonyl (C=O) groups is 1. The lowest BCUT2D eigenvalue weighted by Gasteiger charge is -2.34. The maximum absolute atomic E-state index is 12.9. The molecule has 6 nitrogen and oxygen atoms in total. The monoisotopic (exact) mass is 413 g/mol. The molecule has 27 heavy (non-hydrogen) atoms. The predicted octanol–water partition coefficient (Wildman–Crippen LogP) is 3.33. The first kappa shape index (κ1) is 20.6. The molecule has 0 aromatic heterocycles. The van der Waals surface area contributed by atoms with Crippen LogP contribution in [0.1, 0.15) is 45.4 Å². The number of benzene rings is 1. The van der Waals surface area contributed by atoms with Crippen LogP contribution in [0.3, 0.4) is 0 Å². The van der Waals surface area contributed by atoms with Crippen LogP contribution in [0.25, 0.3) is 0 Å². The smallest absolute Gasteiger partial charge is 0.244 e. The highest BCUT2D eigenvalue weighted by atomic mass is 35.5. The fourth-order valence-corrected chi connectivity index (χ4v) is 5.93. The normalized spacial score (nSPS) is 22.1. The summed E-state index contributed by atoms with van der Waals surface area (Å²) in [5.41, 5.74) is 0.476. The van der Waals surface area contributed by atoms with Crippen LogP contribution in [0.5, 0.6) is 0 Å². The molecule has 1 amide bonds. The van der Waals surface area contributed by atoms with Crippen molar-refractivity contribution in [3.8, 4) is 0 Å². The van der Waals surface area contributed by atoms with Gasteiger partial charge in [-0.05, 0) is 63.4 Å². The Bertz CT molecular complexity index is 776. The number of rotatable bonds is 6. The Morgan fingerprint density at radius 3 is 2.59 bits per heavy atom. The maximum atomic E-state index is 12.9. The van der Waals surface area contributed by atoms with Crippen LogP contribution in [0.15, 0.2) is 23.1 Å². The Hall–Kier alpha value is -1.15. The number of piperidine rings is 1. The van der Waals surface area contributed by atoms with Gasteiger partial charge < -0.3 is 5.32 Å². The highest BCUT2D eigenvalue weighted by Gasteiger charge is 2.31. The van der Waals surface area contributed by atoms with Crippen LogP contribution in [-0.2, 0) is 14.8 Å². The molecule has 1 N–H and O–H groups in total. The third-order valence-electron chi connectivity index (χ3n) is 5.31. The molecule has 0 saturated carbocycles. The summed E-state index contributed by atoms with van der Waals surface area (Å²) < 4.78 is 27.2. The maximum Gasteiger partial charge on any atom is 0.244 e. The zero-order valence-electron chi connectivity index (χ0n) is 15.8. The minimum atomic E-state index is -3.63. The summed E-state index contributed by atoms with van der Waals surface area (Å²) in [6, 6.07) is 4.54. The van der Waals surface area contributed by atoms with E-state index in [4.69, 9.17) is 11.6 Å². The molecule has 0 radical (unpaired) electrons. The standard InChI is InChI=1S/C19H28ClN3O3S/c1-2-10-22-11-4-3-7-17(22)19(24)21-15-8-9-16(20)18(14-15)27(25,26)23-12-5-6-13-23/h8-9,14,17H,2-7,10-13H2,1H3,(H,21,24). The van der Waals surface area contributed by atoms with Gasteiger partial charge in [-0.2, -0.15) is 4.31 Å². The fraction of sp³-hybridized carbons (Fsp3) is 0.632. The molecular formula is C19H28ClN3O3S. The van der Waals surface area contributed by atoms with Gasteiger partial charge in [0.2, 0.25) is 15.9 Å². The largest absolute Gasteiger partial charge is 0.325 e. The second-order valence-corrected chi connectivity index (χ2v) is 9.61. The third kappa shape index (κ3) is 4.65. The Morgan fingerprint density at radius 1 is 1.19 bits per heavy atom. The summed E-state index contributed by atoms with van der Waals surface area (Å²) in [4.78, 5) is 15.1. The van der Waals surface area contributed by atoms with Gasteiger partial charge in [0, 0.05) is 18.8 Å². The van der Waals surface area contributed by atoms with E-state index in [0.29, 0.717) is 18.8 Å². The first-order valence-electron chi connectivity index (χ1n) is 9.78. The van der Waals surface area contributed by atoms with E-state index in [1.54, 1.807) is 12.1 Å². The predicted molar refractivity (Wildman–Crippen MR) is 108 cm³/mol. The van der Waals surface area contributed by atoms with Gasteiger partial charge in [0.25, 0.3) is 0 Å². The number of amides is 1. The van der Waals surface area contributed by atoms with Crippen molar-refractivity contribution in [2.24, 2.45) is 0 Å². The summed E-state index contributed by atoms with van der Waals surface area (Å²) in [7, 11) is -3.63. The summed E-state index contributed by atoms with van der Waals surface area (Å²) in [5.74, 6) is -0.0741. The van der Waals surface area contributed by atoms with E-state index in [2.05, 4.69) is 17.1 Å². The second-order valence-electron chi connectivity index (χ2n) is 7.29. The molecule has 1 aromatic rings. The first-order valence-corrected chi connectivity index (χ1v) is 11.6. The molecule has 8 heteroatoms. The highest BCUT2D eigenvalue weighted by molar-refractivity contribution is 7.89. The Labute approximate surface area is 166 Å². The highest BCUT2D eigenvalue weighted by Crippen LogP contribution is 2.30. The van der Waals surface area contributed by atoms with Gasteiger partial charge in [-0.15, -0.1) is 0 Å². The number of halogens is 1. The SMILES string of the molecule is CCCN1CCCCC1C(=O)Nc1ccc(Cl)c(S(=O)(=O)N2CCCC2)c1. The minimum absolute atomic E-state index is 0.0675. The number of hydrogen-bond donors (Lipinski definition) is 1. The number of likely N-dealkylation sites (tertiary alicyclic amines) is 1. The molecule has 2 aliphatic heterocycles. The van der Waals surface area contributed by atoms with E-state index >= 15 is 0 Å². The molecule has 2 saturated heterocycles. The Morgan fingerprint density at radius 2 is 1.89 bits per heavy atom. The summed E-state index contributed by atoms with van der Waals surface area (Å²) in [6.45, 7) is 4.97. The van der Waals surface area contributed by atoms with Crippen LogP contribution in [0.2, 0.25) is 5.02 Å². The van der Waals surface area contributed by atoms with Crippen molar-refractivity contribution in [2.75, 3.05) is 31.5 Å². The molecule has 1 unspecified atom stereocenters. The lowest BCUT2D eigenvalue weighted by Crippen LogP contribution is -2.47. The molecule has 0 aliphatic carbocycles. The molecule has 0 spiro atoms. The van der Waals surface area contributed by atoms with E-state index in [1.807, 2.05) is 0 Å². The zero-order valence-corrected chi connectivity index (χ0v) is 17.4. The number of hydrogen-bond acceptors (Lipinski definition) is 4. The number of anilines is 1. The first-order chi connectivity index (χ1) is 12.9. The van der Waals surface area contributed by atoms with Crippen LogP contribution in [0.4, 0.5) is 5.69 Å². The van der Waals surface area contributed by atoms with Crippen LogP contribution in [0, 0.1) is 0 Å². The number of nitrogens with one attached hydrogen (secondary N) is 1. The van der Waals surface area contributed by atoms with Crippen molar-refractivity contribution in [2.45, 2.75) is 56.4 Å². The molecule has 3 rings (SSSR count). The van der Waals surface area contributed by atoms with Gasteiger partial charge in [0.1, 0.15) is 4.90 Å².